The summed E-state index contributed by atoms with van der Waals surface area (Å²) < 4.78 is 5.92. The molecule has 0 spiro atoms. The number of nitrogens with one attached hydrogen (secondary N) is 2. The van der Waals surface area contributed by atoms with Crippen molar-refractivity contribution in [1.29, 1.82) is 0 Å². The number of furan rings is 1. The van der Waals surface area contributed by atoms with Crippen molar-refractivity contribution in [2.75, 3.05) is 11.9 Å². The Labute approximate surface area is 131 Å². The Kier molecular flexibility index (Phi) is 5.82. The fraction of sp³-hybridized carbons (Fsp3) is 0.308. The minimum atomic E-state index is -0.250. The standard InChI is InChI=1S/C13H16N4O2S2/c1-3-6-14-12-16-17-13(21-12)20-9(2)11(18)15-8-10-5-4-7-19-10/h3-5,7,9H,1,6,8H2,2H3,(H,14,16)(H,15,18)/t9-/m0/s1. The number of hydrogen-bond acceptors (Lipinski definition) is 7. The highest BCUT2D eigenvalue weighted by Crippen LogP contribution is 2.28. The van der Waals surface area contributed by atoms with Gasteiger partial charge in [-0.1, -0.05) is 29.2 Å². The number of hydrogen-bond donors (Lipinski definition) is 2. The van der Waals surface area contributed by atoms with Crippen LogP contribution in [0.1, 0.15) is 12.7 Å². The van der Waals surface area contributed by atoms with E-state index in [1.807, 2.05) is 13.0 Å². The molecule has 2 rings (SSSR count). The molecule has 0 unspecified atom stereocenters. The molecule has 1 amide bonds. The topological polar surface area (TPSA) is 80.0 Å². The van der Waals surface area contributed by atoms with Crippen LogP contribution >= 0.6 is 23.1 Å². The molecule has 0 bridgehead atoms. The maximum absolute atomic E-state index is 12.0. The molecule has 1 atom stereocenters. The van der Waals surface area contributed by atoms with E-state index < -0.39 is 0 Å². The van der Waals surface area contributed by atoms with Gasteiger partial charge in [0.2, 0.25) is 11.0 Å². The van der Waals surface area contributed by atoms with Crippen LogP contribution in [0.3, 0.4) is 0 Å². The van der Waals surface area contributed by atoms with Gasteiger partial charge >= 0.3 is 0 Å². The maximum atomic E-state index is 12.0. The number of rotatable bonds is 8. The van der Waals surface area contributed by atoms with Crippen LogP contribution in [0.15, 0.2) is 39.8 Å². The van der Waals surface area contributed by atoms with E-state index in [-0.39, 0.29) is 11.2 Å². The molecule has 0 aliphatic heterocycles. The highest BCUT2D eigenvalue weighted by Gasteiger charge is 2.17. The first-order valence-electron chi connectivity index (χ1n) is 6.34. The fourth-order valence-electron chi connectivity index (χ4n) is 1.42. The zero-order chi connectivity index (χ0) is 15.1. The quantitative estimate of drug-likeness (QED) is 0.574. The maximum Gasteiger partial charge on any atom is 0.233 e. The second kappa shape index (κ2) is 7.84. The predicted molar refractivity (Wildman–Crippen MR) is 84.5 cm³/mol. The molecule has 2 aromatic heterocycles. The molecule has 21 heavy (non-hydrogen) atoms. The summed E-state index contributed by atoms with van der Waals surface area (Å²) >= 11 is 2.80. The lowest BCUT2D eigenvalue weighted by molar-refractivity contribution is -0.120. The molecule has 0 aliphatic carbocycles. The van der Waals surface area contributed by atoms with Crippen molar-refractivity contribution in [3.8, 4) is 0 Å². The molecule has 2 aromatic rings. The Morgan fingerprint density at radius 3 is 3.19 bits per heavy atom. The molecular formula is C13H16N4O2S2. The molecule has 0 fully saturated rings. The fourth-order valence-corrected chi connectivity index (χ4v) is 3.35. The Morgan fingerprint density at radius 1 is 1.62 bits per heavy atom. The zero-order valence-corrected chi connectivity index (χ0v) is 13.2. The van der Waals surface area contributed by atoms with Crippen LogP contribution in [0.2, 0.25) is 0 Å². The predicted octanol–water partition coefficient (Wildman–Crippen LogP) is 2.53. The van der Waals surface area contributed by atoms with E-state index in [4.69, 9.17) is 4.42 Å². The highest BCUT2D eigenvalue weighted by atomic mass is 32.2. The lowest BCUT2D eigenvalue weighted by Gasteiger charge is -2.08. The summed E-state index contributed by atoms with van der Waals surface area (Å²) in [5.74, 6) is 0.666. The number of carbonyl (C=O) groups is 1. The third kappa shape index (κ3) is 4.91. The van der Waals surface area contributed by atoms with Crippen LogP contribution in [0.25, 0.3) is 0 Å². The number of nitrogens with zero attached hydrogens (tertiary/aromatic N) is 2. The van der Waals surface area contributed by atoms with Crippen molar-refractivity contribution in [3.63, 3.8) is 0 Å². The number of carbonyl (C=O) groups excluding carboxylic acids is 1. The Morgan fingerprint density at radius 2 is 2.48 bits per heavy atom. The summed E-state index contributed by atoms with van der Waals surface area (Å²) in [6, 6.07) is 3.61. The van der Waals surface area contributed by atoms with Crippen molar-refractivity contribution in [1.82, 2.24) is 15.5 Å². The summed E-state index contributed by atoms with van der Waals surface area (Å²) in [6.07, 6.45) is 3.33. The van der Waals surface area contributed by atoms with Crippen LogP contribution in [0, 0.1) is 0 Å². The van der Waals surface area contributed by atoms with Crippen LogP contribution in [0.5, 0.6) is 0 Å². The van der Waals surface area contributed by atoms with Crippen LogP contribution in [-0.4, -0.2) is 27.9 Å². The first kappa shape index (κ1) is 15.6. The molecule has 8 heteroatoms. The molecule has 0 aliphatic rings. The van der Waals surface area contributed by atoms with Gasteiger partial charge in [0.1, 0.15) is 5.76 Å². The summed E-state index contributed by atoms with van der Waals surface area (Å²) in [7, 11) is 0. The van der Waals surface area contributed by atoms with Gasteiger partial charge in [-0.3, -0.25) is 4.79 Å². The van der Waals surface area contributed by atoms with E-state index in [9.17, 15) is 4.79 Å². The van der Waals surface area contributed by atoms with Gasteiger partial charge in [-0.15, -0.1) is 16.8 Å². The van der Waals surface area contributed by atoms with Crippen molar-refractivity contribution >= 4 is 34.1 Å². The number of thioether (sulfide) groups is 1. The average molecular weight is 324 g/mol. The Hall–Kier alpha value is -1.80. The molecular weight excluding hydrogens is 308 g/mol. The highest BCUT2D eigenvalue weighted by molar-refractivity contribution is 8.02. The van der Waals surface area contributed by atoms with Crippen LogP contribution < -0.4 is 10.6 Å². The van der Waals surface area contributed by atoms with Gasteiger partial charge in [0.15, 0.2) is 4.34 Å². The smallest absolute Gasteiger partial charge is 0.233 e. The second-order valence-corrected chi connectivity index (χ2v) is 6.67. The van der Waals surface area contributed by atoms with Gasteiger partial charge in [0.25, 0.3) is 0 Å². The van der Waals surface area contributed by atoms with Gasteiger partial charge in [0, 0.05) is 6.54 Å². The molecule has 0 saturated carbocycles. The molecule has 2 N–H and O–H groups in total. The number of aromatic nitrogens is 2. The van der Waals surface area contributed by atoms with Crippen molar-refractivity contribution < 1.29 is 9.21 Å². The van der Waals surface area contributed by atoms with E-state index in [0.717, 1.165) is 15.2 Å². The minimum absolute atomic E-state index is 0.0628. The van der Waals surface area contributed by atoms with Crippen molar-refractivity contribution in [2.24, 2.45) is 0 Å². The van der Waals surface area contributed by atoms with Crippen LogP contribution in [-0.2, 0) is 11.3 Å². The second-order valence-electron chi connectivity index (χ2n) is 4.10. The number of amides is 1. The minimum Gasteiger partial charge on any atom is -0.467 e. The van der Waals surface area contributed by atoms with Crippen molar-refractivity contribution in [3.05, 3.63) is 36.8 Å². The van der Waals surface area contributed by atoms with Gasteiger partial charge in [0.05, 0.1) is 18.1 Å². The van der Waals surface area contributed by atoms with E-state index >= 15 is 0 Å². The van der Waals surface area contributed by atoms with Gasteiger partial charge < -0.3 is 15.1 Å². The lowest BCUT2D eigenvalue weighted by Crippen LogP contribution is -2.30. The first-order valence-corrected chi connectivity index (χ1v) is 8.03. The van der Waals surface area contributed by atoms with E-state index in [1.54, 1.807) is 18.4 Å². The third-order valence-electron chi connectivity index (χ3n) is 2.47. The SMILES string of the molecule is C=CCNc1nnc(S[C@@H](C)C(=O)NCc2ccco2)s1. The van der Waals surface area contributed by atoms with Crippen molar-refractivity contribution in [2.45, 2.75) is 23.1 Å². The summed E-state index contributed by atoms with van der Waals surface area (Å²) in [5.41, 5.74) is 0. The van der Waals surface area contributed by atoms with E-state index in [2.05, 4.69) is 27.4 Å². The monoisotopic (exact) mass is 324 g/mol. The molecule has 0 aromatic carbocycles. The number of anilines is 1. The first-order chi connectivity index (χ1) is 10.2. The normalized spacial score (nSPS) is 11.9. The van der Waals surface area contributed by atoms with E-state index in [1.165, 1.54) is 23.1 Å². The molecule has 112 valence electrons. The summed E-state index contributed by atoms with van der Waals surface area (Å²) in [4.78, 5) is 12.0. The Balaban J connectivity index is 1.79. The molecule has 6 nitrogen and oxygen atoms in total. The largest absolute Gasteiger partial charge is 0.467 e. The zero-order valence-electron chi connectivity index (χ0n) is 11.5. The third-order valence-corrected chi connectivity index (χ3v) is 4.53. The molecule has 2 heterocycles. The van der Waals surface area contributed by atoms with Gasteiger partial charge in [-0.25, -0.2) is 0 Å². The summed E-state index contributed by atoms with van der Waals surface area (Å²) in [6.45, 7) is 6.48. The summed E-state index contributed by atoms with van der Waals surface area (Å²) in [5, 5.41) is 14.4. The average Bonchev–Trinajstić information content (AvgIpc) is 3.14. The lowest BCUT2D eigenvalue weighted by atomic mass is 10.4. The van der Waals surface area contributed by atoms with Crippen LogP contribution in [0.4, 0.5) is 5.13 Å². The molecule has 0 saturated heterocycles. The van der Waals surface area contributed by atoms with Gasteiger partial charge in [-0.05, 0) is 19.1 Å². The molecule has 0 radical (unpaired) electrons. The van der Waals surface area contributed by atoms with Gasteiger partial charge in [-0.2, -0.15) is 0 Å². The Bertz CT molecular complexity index is 583. The van der Waals surface area contributed by atoms with E-state index in [0.29, 0.717) is 13.1 Å².